The molecule has 1 aromatic heterocycles. The van der Waals surface area contributed by atoms with Crippen LogP contribution >= 0.6 is 0 Å². The Morgan fingerprint density at radius 1 is 1.33 bits per heavy atom. The molecule has 1 heterocycles. The summed E-state index contributed by atoms with van der Waals surface area (Å²) in [6, 6.07) is 6.02. The minimum absolute atomic E-state index is 0.0394. The Labute approximate surface area is 119 Å². The molecular weight excluding hydrogens is 284 g/mol. The van der Waals surface area contributed by atoms with E-state index >= 15 is 0 Å². The van der Waals surface area contributed by atoms with Crippen LogP contribution in [0, 0.1) is 0 Å². The molecule has 0 fully saturated rings. The van der Waals surface area contributed by atoms with Crippen molar-refractivity contribution < 1.29 is 18.6 Å². The van der Waals surface area contributed by atoms with Crippen molar-refractivity contribution in [2.75, 3.05) is 20.2 Å². The molecule has 0 atom stereocenters. The van der Waals surface area contributed by atoms with E-state index < -0.39 is 6.61 Å². The number of aliphatic hydroxyl groups excluding tert-OH is 1. The Hall–Kier alpha value is -2.13. The zero-order valence-electron chi connectivity index (χ0n) is 11.4. The summed E-state index contributed by atoms with van der Waals surface area (Å²) in [6.45, 7) is -1.87. The summed E-state index contributed by atoms with van der Waals surface area (Å²) in [5.74, 6) is 0.647. The molecule has 114 valence electrons. The van der Waals surface area contributed by atoms with E-state index in [4.69, 9.17) is 5.11 Å². The molecule has 2 aromatic rings. The van der Waals surface area contributed by atoms with Gasteiger partial charge in [0.15, 0.2) is 5.82 Å². The standard InChI is InChI=1S/C12H15F2N5O2/c1-18(6-7-20)8-11-15-16-17-19(11)9-2-4-10(5-3-9)21-12(13)14/h2-5,12,20H,6-8H2,1H3. The second kappa shape index (κ2) is 7.04. The van der Waals surface area contributed by atoms with E-state index in [2.05, 4.69) is 20.3 Å². The quantitative estimate of drug-likeness (QED) is 0.810. The predicted molar refractivity (Wildman–Crippen MR) is 69.2 cm³/mol. The molecule has 9 heteroatoms. The second-order valence-electron chi connectivity index (χ2n) is 4.34. The number of aromatic nitrogens is 4. The average molecular weight is 299 g/mol. The van der Waals surface area contributed by atoms with Crippen molar-refractivity contribution in [3.05, 3.63) is 30.1 Å². The maximum Gasteiger partial charge on any atom is 0.387 e. The van der Waals surface area contributed by atoms with Crippen molar-refractivity contribution in [3.63, 3.8) is 0 Å². The maximum atomic E-state index is 12.1. The van der Waals surface area contributed by atoms with E-state index in [0.29, 0.717) is 24.6 Å². The van der Waals surface area contributed by atoms with Crippen LogP contribution < -0.4 is 4.74 Å². The number of rotatable bonds is 7. The molecule has 21 heavy (non-hydrogen) atoms. The lowest BCUT2D eigenvalue weighted by atomic mass is 10.3. The molecule has 0 radical (unpaired) electrons. The van der Waals surface area contributed by atoms with Crippen molar-refractivity contribution in [2.24, 2.45) is 0 Å². The Morgan fingerprint density at radius 2 is 2.05 bits per heavy atom. The van der Waals surface area contributed by atoms with Crippen LogP contribution in [0.5, 0.6) is 5.75 Å². The van der Waals surface area contributed by atoms with Crippen LogP contribution in [0.2, 0.25) is 0 Å². The first kappa shape index (κ1) is 15.3. The number of hydrogen-bond donors (Lipinski definition) is 1. The molecular formula is C12H15F2N5O2. The number of aliphatic hydroxyl groups is 1. The van der Waals surface area contributed by atoms with E-state index in [1.54, 1.807) is 12.1 Å². The molecule has 0 bridgehead atoms. The maximum absolute atomic E-state index is 12.1. The van der Waals surface area contributed by atoms with E-state index in [1.807, 2.05) is 11.9 Å². The van der Waals surface area contributed by atoms with Gasteiger partial charge in [-0.25, -0.2) is 0 Å². The van der Waals surface area contributed by atoms with Gasteiger partial charge in [-0.3, -0.25) is 4.90 Å². The van der Waals surface area contributed by atoms with Crippen molar-refractivity contribution in [1.29, 1.82) is 0 Å². The molecule has 0 amide bonds. The molecule has 0 aliphatic heterocycles. The highest BCUT2D eigenvalue weighted by Gasteiger charge is 2.11. The zero-order chi connectivity index (χ0) is 15.2. The lowest BCUT2D eigenvalue weighted by molar-refractivity contribution is -0.0498. The SMILES string of the molecule is CN(CCO)Cc1nnnn1-c1ccc(OC(F)F)cc1. The summed E-state index contributed by atoms with van der Waals surface area (Å²) in [4.78, 5) is 1.86. The van der Waals surface area contributed by atoms with Crippen molar-refractivity contribution in [2.45, 2.75) is 13.2 Å². The third-order valence-corrected chi connectivity index (χ3v) is 2.73. The fourth-order valence-electron chi connectivity index (χ4n) is 1.76. The molecule has 7 nitrogen and oxygen atoms in total. The molecule has 0 saturated carbocycles. The Balaban J connectivity index is 2.13. The van der Waals surface area contributed by atoms with Crippen LogP contribution in [0.15, 0.2) is 24.3 Å². The van der Waals surface area contributed by atoms with Crippen LogP contribution in [0.25, 0.3) is 5.69 Å². The minimum Gasteiger partial charge on any atom is -0.435 e. The van der Waals surface area contributed by atoms with Gasteiger partial charge in [-0.15, -0.1) is 5.10 Å². The molecule has 0 unspecified atom stereocenters. The van der Waals surface area contributed by atoms with Crippen LogP contribution in [-0.4, -0.2) is 57.0 Å². The smallest absolute Gasteiger partial charge is 0.387 e. The molecule has 0 aliphatic rings. The van der Waals surface area contributed by atoms with Gasteiger partial charge in [0.1, 0.15) is 5.75 Å². The number of ether oxygens (including phenoxy) is 1. The minimum atomic E-state index is -2.86. The van der Waals surface area contributed by atoms with E-state index in [-0.39, 0.29) is 12.4 Å². The summed E-state index contributed by atoms with van der Waals surface area (Å²) < 4.78 is 30.0. The largest absolute Gasteiger partial charge is 0.435 e. The van der Waals surface area contributed by atoms with Gasteiger partial charge in [-0.2, -0.15) is 13.5 Å². The highest BCUT2D eigenvalue weighted by molar-refractivity contribution is 5.37. The molecule has 0 saturated heterocycles. The number of likely N-dealkylation sites (N-methyl/N-ethyl adjacent to an activating group) is 1. The van der Waals surface area contributed by atoms with Crippen LogP contribution in [0.4, 0.5) is 8.78 Å². The molecule has 0 spiro atoms. The predicted octanol–water partition coefficient (Wildman–Crippen LogP) is 0.688. The van der Waals surface area contributed by atoms with Gasteiger partial charge in [0, 0.05) is 6.54 Å². The third kappa shape index (κ3) is 4.17. The monoisotopic (exact) mass is 299 g/mol. The van der Waals surface area contributed by atoms with Crippen LogP contribution in [0.3, 0.4) is 0 Å². The highest BCUT2D eigenvalue weighted by Crippen LogP contribution is 2.17. The number of benzene rings is 1. The number of halogens is 2. The fourth-order valence-corrected chi connectivity index (χ4v) is 1.76. The van der Waals surface area contributed by atoms with Gasteiger partial charge >= 0.3 is 6.61 Å². The first-order valence-corrected chi connectivity index (χ1v) is 6.22. The first-order chi connectivity index (χ1) is 10.1. The molecule has 1 N–H and O–H groups in total. The van der Waals surface area contributed by atoms with Crippen LogP contribution in [-0.2, 0) is 6.54 Å². The highest BCUT2D eigenvalue weighted by atomic mass is 19.3. The fraction of sp³-hybridized carbons (Fsp3) is 0.417. The third-order valence-electron chi connectivity index (χ3n) is 2.73. The zero-order valence-corrected chi connectivity index (χ0v) is 11.4. The number of alkyl halides is 2. The van der Waals surface area contributed by atoms with E-state index in [1.165, 1.54) is 16.8 Å². The number of nitrogens with zero attached hydrogens (tertiary/aromatic N) is 5. The van der Waals surface area contributed by atoms with E-state index in [0.717, 1.165) is 0 Å². The Kier molecular flexibility index (Phi) is 5.12. The van der Waals surface area contributed by atoms with Gasteiger partial charge in [-0.05, 0) is 41.7 Å². The Bertz CT molecular complexity index is 561. The van der Waals surface area contributed by atoms with Gasteiger partial charge in [-0.1, -0.05) is 0 Å². The summed E-state index contributed by atoms with van der Waals surface area (Å²) in [6.07, 6.45) is 0. The normalized spacial score (nSPS) is 11.3. The van der Waals surface area contributed by atoms with E-state index in [9.17, 15) is 8.78 Å². The van der Waals surface area contributed by atoms with Gasteiger partial charge in [0.05, 0.1) is 18.8 Å². The topological polar surface area (TPSA) is 76.3 Å². The summed E-state index contributed by atoms with van der Waals surface area (Å²) in [5, 5.41) is 20.3. The van der Waals surface area contributed by atoms with Crippen molar-refractivity contribution in [1.82, 2.24) is 25.1 Å². The summed E-state index contributed by atoms with van der Waals surface area (Å²) in [5.41, 5.74) is 0.633. The number of tetrazole rings is 1. The van der Waals surface area contributed by atoms with Gasteiger partial charge in [0.2, 0.25) is 0 Å². The average Bonchev–Trinajstić information content (AvgIpc) is 2.87. The Morgan fingerprint density at radius 3 is 2.67 bits per heavy atom. The molecule has 1 aromatic carbocycles. The van der Waals surface area contributed by atoms with Gasteiger partial charge in [0.25, 0.3) is 0 Å². The lowest BCUT2D eigenvalue weighted by Crippen LogP contribution is -2.23. The van der Waals surface area contributed by atoms with Crippen LogP contribution in [0.1, 0.15) is 5.82 Å². The first-order valence-electron chi connectivity index (χ1n) is 6.22. The summed E-state index contributed by atoms with van der Waals surface area (Å²) >= 11 is 0. The summed E-state index contributed by atoms with van der Waals surface area (Å²) in [7, 11) is 1.83. The number of hydrogen-bond acceptors (Lipinski definition) is 6. The van der Waals surface area contributed by atoms with Crippen molar-refractivity contribution >= 4 is 0 Å². The van der Waals surface area contributed by atoms with Gasteiger partial charge < -0.3 is 9.84 Å². The van der Waals surface area contributed by atoms with Crippen molar-refractivity contribution in [3.8, 4) is 11.4 Å². The molecule has 2 rings (SSSR count). The molecule has 0 aliphatic carbocycles. The second-order valence-corrected chi connectivity index (χ2v) is 4.34. The lowest BCUT2D eigenvalue weighted by Gasteiger charge is -2.14.